The Hall–Kier alpha value is -3.36. The second-order valence-electron chi connectivity index (χ2n) is 27.0. The molecule has 92 heavy (non-hydrogen) atoms. The van der Waals surface area contributed by atoms with E-state index in [1.54, 1.807) is 6.08 Å². The molecule has 0 saturated carbocycles. The van der Waals surface area contributed by atoms with Crippen molar-refractivity contribution in [1.82, 2.24) is 5.32 Å². The van der Waals surface area contributed by atoms with E-state index >= 15 is 0 Å². The third kappa shape index (κ3) is 74.0. The zero-order chi connectivity index (χ0) is 66.9. The molecule has 0 aliphatic rings. The van der Waals surface area contributed by atoms with Crippen molar-refractivity contribution in [2.24, 2.45) is 0 Å². The van der Waals surface area contributed by atoms with Gasteiger partial charge in [0.05, 0.1) is 39.9 Å². The minimum atomic E-state index is -4.62. The van der Waals surface area contributed by atoms with E-state index in [2.05, 4.69) is 141 Å². The second-order valence-corrected chi connectivity index (χ2v) is 28.4. The molecule has 3 unspecified atom stereocenters. The van der Waals surface area contributed by atoms with Crippen LogP contribution in [0.3, 0.4) is 0 Å². The number of aliphatic hydroxyl groups is 1. The van der Waals surface area contributed by atoms with Crippen LogP contribution >= 0.6 is 7.82 Å². The first-order valence-corrected chi connectivity index (χ1v) is 40.0. The third-order valence-corrected chi connectivity index (χ3v) is 17.8. The van der Waals surface area contributed by atoms with Crippen molar-refractivity contribution in [3.63, 3.8) is 0 Å². The molecule has 0 fully saturated rings. The molecule has 0 bridgehead atoms. The molecular weight excluding hydrogens is 1150 g/mol. The summed E-state index contributed by atoms with van der Waals surface area (Å²) in [6.45, 7) is 4.54. The monoisotopic (exact) mass is 1300 g/mol. The van der Waals surface area contributed by atoms with Crippen molar-refractivity contribution >= 4 is 13.7 Å². The van der Waals surface area contributed by atoms with Gasteiger partial charge in [-0.3, -0.25) is 9.36 Å². The summed E-state index contributed by atoms with van der Waals surface area (Å²) in [5, 5.41) is 14.0. The van der Waals surface area contributed by atoms with E-state index in [1.807, 2.05) is 27.2 Å². The number of amides is 1. The lowest BCUT2D eigenvalue weighted by molar-refractivity contribution is -0.870. The Morgan fingerprint density at radius 2 is 0.674 bits per heavy atom. The fraction of sp³-hybridized carbons (Fsp3) is 0.723. The number of quaternary nitrogens is 1. The van der Waals surface area contributed by atoms with Crippen LogP contribution in [-0.2, 0) is 18.4 Å². The molecule has 2 N–H and O–H groups in total. The SMILES string of the molecule is CC/C=C\C/C=C\C/C=C\C/C=C\C/C=C\C/C=C\C/C=C\C/C=C\C/C=C\CCCCCCCCCCCCCC(=O)NC(COP(=O)([O-])OCC[N+](C)(C)C)C(O)/C=C/CC/C=C/CCCCCCCCCCCCCCCCCCCCCCCCCCC. The molecule has 0 aliphatic carbocycles. The first-order chi connectivity index (χ1) is 45.0. The van der Waals surface area contributed by atoms with Crippen molar-refractivity contribution in [2.45, 2.75) is 347 Å². The van der Waals surface area contributed by atoms with Gasteiger partial charge in [-0.2, -0.15) is 0 Å². The van der Waals surface area contributed by atoms with Gasteiger partial charge >= 0.3 is 0 Å². The number of aliphatic hydroxyl groups excluding tert-OH is 1. The zero-order valence-electron chi connectivity index (χ0n) is 60.7. The number of allylic oxidation sites excluding steroid dienone is 21. The molecule has 0 spiro atoms. The van der Waals surface area contributed by atoms with Crippen LogP contribution in [0.5, 0.6) is 0 Å². The Balaban J connectivity index is 4.10. The van der Waals surface area contributed by atoms with Crippen molar-refractivity contribution < 1.29 is 32.9 Å². The van der Waals surface area contributed by atoms with Gasteiger partial charge in [0.2, 0.25) is 5.91 Å². The molecule has 0 rings (SSSR count). The van der Waals surface area contributed by atoms with Crippen LogP contribution in [-0.4, -0.2) is 68.5 Å². The van der Waals surface area contributed by atoms with Crippen LogP contribution in [0.4, 0.5) is 0 Å². The summed E-state index contributed by atoms with van der Waals surface area (Å²) in [6, 6.07) is -0.916. The number of rotatable bonds is 70. The van der Waals surface area contributed by atoms with Crippen LogP contribution in [0, 0.1) is 0 Å². The van der Waals surface area contributed by atoms with Gasteiger partial charge in [-0.05, 0) is 103 Å². The smallest absolute Gasteiger partial charge is 0.268 e. The standard InChI is InChI=1S/C83H147N2O6P/c1-6-8-10-12-14-16-18-20-22-24-26-28-30-32-34-36-38-39-40-41-42-43-44-45-47-49-51-53-55-57-59-61-63-65-67-69-71-73-75-77-83(87)84-81(80-91-92(88,89)90-79-78-85(3,4)5)82(86)76-74-72-70-68-66-64-62-60-58-56-54-52-50-48-46-37-35-33-31-29-27-25-23-21-19-17-15-13-11-9-7-2/h8,10,14,16,20,22,26,28,32,34,38-39,41-42,44-45,49,51,66,68,74,76,81-82,86H,6-7,9,11-13,15,17-19,21,23-25,27,29-31,33,35-37,40,43,46-48,50,52-65,67,69-73,75,77-80H2,1-5H3,(H-,84,87,88,89)/b10-8-,16-14-,22-20-,28-26-,34-32-,39-38-,42-41-,45-44-,51-49-,68-66+,76-74+. The number of phosphoric acid groups is 1. The number of phosphoric ester groups is 1. The van der Waals surface area contributed by atoms with E-state index in [0.29, 0.717) is 17.4 Å². The predicted molar refractivity (Wildman–Crippen MR) is 403 cm³/mol. The van der Waals surface area contributed by atoms with E-state index in [-0.39, 0.29) is 12.5 Å². The minimum absolute atomic E-state index is 0.0121. The summed E-state index contributed by atoms with van der Waals surface area (Å²) in [5.74, 6) is -0.212. The molecule has 0 aromatic carbocycles. The first kappa shape index (κ1) is 88.6. The van der Waals surface area contributed by atoms with Crippen molar-refractivity contribution in [2.75, 3.05) is 40.9 Å². The van der Waals surface area contributed by atoms with Crippen LogP contribution in [0.25, 0.3) is 0 Å². The average Bonchev–Trinajstić information content (AvgIpc) is 2.63. The molecule has 0 heterocycles. The first-order valence-electron chi connectivity index (χ1n) is 38.5. The van der Waals surface area contributed by atoms with Gasteiger partial charge in [-0.1, -0.05) is 359 Å². The van der Waals surface area contributed by atoms with Gasteiger partial charge in [-0.15, -0.1) is 0 Å². The van der Waals surface area contributed by atoms with Crippen LogP contribution in [0.1, 0.15) is 335 Å². The maximum Gasteiger partial charge on any atom is 0.268 e. The average molecular weight is 1300 g/mol. The van der Waals surface area contributed by atoms with Crippen molar-refractivity contribution in [1.29, 1.82) is 0 Å². The normalized spacial score (nSPS) is 14.3. The number of carbonyl (C=O) groups excluding carboxylic acids is 1. The lowest BCUT2D eigenvalue weighted by atomic mass is 10.0. The molecule has 0 radical (unpaired) electrons. The maximum atomic E-state index is 13.1. The summed E-state index contributed by atoms with van der Waals surface area (Å²) in [6.07, 6.45) is 109. The number of hydrogen-bond donors (Lipinski definition) is 2. The summed E-state index contributed by atoms with van der Waals surface area (Å²) in [4.78, 5) is 25.7. The Morgan fingerprint density at radius 3 is 1.01 bits per heavy atom. The number of carbonyl (C=O) groups is 1. The number of likely N-dealkylation sites (N-methyl/N-ethyl adjacent to an activating group) is 1. The largest absolute Gasteiger partial charge is 0.756 e. The number of nitrogens with zero attached hydrogens (tertiary/aromatic N) is 1. The summed E-state index contributed by atoms with van der Waals surface area (Å²) in [5.41, 5.74) is 0. The highest BCUT2D eigenvalue weighted by atomic mass is 31.2. The molecule has 9 heteroatoms. The van der Waals surface area contributed by atoms with Crippen molar-refractivity contribution in [3.8, 4) is 0 Å². The molecule has 0 aliphatic heterocycles. The second kappa shape index (κ2) is 71.9. The Labute approximate surface area is 570 Å². The van der Waals surface area contributed by atoms with Gasteiger partial charge < -0.3 is 28.8 Å². The highest BCUT2D eigenvalue weighted by Gasteiger charge is 2.23. The van der Waals surface area contributed by atoms with E-state index in [0.717, 1.165) is 103 Å². The minimum Gasteiger partial charge on any atom is -0.756 e. The molecule has 0 aromatic heterocycles. The van der Waals surface area contributed by atoms with Crippen LogP contribution in [0.2, 0.25) is 0 Å². The lowest BCUT2D eigenvalue weighted by Crippen LogP contribution is -2.45. The molecular formula is C83H147N2O6P. The molecule has 0 aromatic rings. The van der Waals surface area contributed by atoms with E-state index in [1.165, 1.54) is 212 Å². The fourth-order valence-corrected chi connectivity index (χ4v) is 11.7. The number of hydrogen-bond acceptors (Lipinski definition) is 6. The lowest BCUT2D eigenvalue weighted by Gasteiger charge is -2.29. The Morgan fingerprint density at radius 1 is 0.391 bits per heavy atom. The summed E-state index contributed by atoms with van der Waals surface area (Å²) < 4.78 is 23.5. The van der Waals surface area contributed by atoms with Gasteiger partial charge in [0.1, 0.15) is 13.2 Å². The van der Waals surface area contributed by atoms with E-state index in [4.69, 9.17) is 9.05 Å². The van der Waals surface area contributed by atoms with Gasteiger partial charge in [0, 0.05) is 6.42 Å². The molecule has 0 saturated heterocycles. The molecule has 3 atom stereocenters. The van der Waals surface area contributed by atoms with Crippen LogP contribution in [0.15, 0.2) is 134 Å². The zero-order valence-corrected chi connectivity index (χ0v) is 61.6. The topological polar surface area (TPSA) is 108 Å². The summed E-state index contributed by atoms with van der Waals surface area (Å²) in [7, 11) is 1.24. The third-order valence-electron chi connectivity index (χ3n) is 16.8. The number of unbranched alkanes of at least 4 members (excludes halogenated alkanes) is 37. The highest BCUT2D eigenvalue weighted by Crippen LogP contribution is 2.38. The maximum absolute atomic E-state index is 13.1. The van der Waals surface area contributed by atoms with Gasteiger partial charge in [0.15, 0.2) is 0 Å². The Bertz CT molecular complexity index is 1970. The molecule has 530 valence electrons. The quantitative estimate of drug-likeness (QED) is 0.0272. The Kier molecular flexibility index (Phi) is 69.3. The fourth-order valence-electron chi connectivity index (χ4n) is 10.9. The van der Waals surface area contributed by atoms with Gasteiger partial charge in [-0.25, -0.2) is 0 Å². The molecule has 8 nitrogen and oxygen atoms in total. The van der Waals surface area contributed by atoms with E-state index < -0.39 is 26.6 Å². The van der Waals surface area contributed by atoms with Crippen molar-refractivity contribution in [3.05, 3.63) is 134 Å². The van der Waals surface area contributed by atoms with Crippen LogP contribution < -0.4 is 10.2 Å². The summed E-state index contributed by atoms with van der Waals surface area (Å²) >= 11 is 0. The molecule has 1 amide bonds. The van der Waals surface area contributed by atoms with E-state index in [9.17, 15) is 19.4 Å². The van der Waals surface area contributed by atoms with Gasteiger partial charge in [0.25, 0.3) is 7.82 Å². The highest BCUT2D eigenvalue weighted by molar-refractivity contribution is 7.45. The number of nitrogens with one attached hydrogen (secondary N) is 1. The predicted octanol–water partition coefficient (Wildman–Crippen LogP) is 24.7.